The Morgan fingerprint density at radius 3 is 2.69 bits per heavy atom. The first-order chi connectivity index (χ1) is 12.5. The summed E-state index contributed by atoms with van der Waals surface area (Å²) < 4.78 is 6.19. The average molecular weight is 350 g/mol. The number of nitrogens with zero attached hydrogens (tertiary/aromatic N) is 1. The average Bonchev–Trinajstić information content (AvgIpc) is 3.42. The number of nitrogens with two attached hydrogens (primary N) is 1. The van der Waals surface area contributed by atoms with Crippen LogP contribution in [-0.4, -0.2) is 15.7 Å². The van der Waals surface area contributed by atoms with Gasteiger partial charge in [0.15, 0.2) is 5.75 Å². The molecule has 4 rings (SSSR count). The number of carboxylic acid groups (broad SMARTS) is 1. The summed E-state index contributed by atoms with van der Waals surface area (Å²) >= 11 is 0. The third-order valence-corrected chi connectivity index (χ3v) is 4.79. The molecule has 0 bridgehead atoms. The molecule has 0 amide bonds. The Kier molecular flexibility index (Phi) is 3.68. The van der Waals surface area contributed by atoms with Crippen LogP contribution in [0.5, 0.6) is 5.75 Å². The van der Waals surface area contributed by atoms with Crippen LogP contribution in [0.3, 0.4) is 0 Å². The van der Waals surface area contributed by atoms with E-state index >= 15 is 0 Å². The number of rotatable bonds is 3. The molecule has 26 heavy (non-hydrogen) atoms. The predicted octanol–water partition coefficient (Wildman–Crippen LogP) is 3.79. The Labute approximate surface area is 149 Å². The second-order valence-electron chi connectivity index (χ2n) is 6.61. The van der Waals surface area contributed by atoms with E-state index in [2.05, 4.69) is 0 Å². The van der Waals surface area contributed by atoms with Crippen LogP contribution in [0.15, 0.2) is 47.4 Å². The van der Waals surface area contributed by atoms with Gasteiger partial charge in [0.05, 0.1) is 5.52 Å². The normalized spacial score (nSPS) is 13.7. The highest BCUT2D eigenvalue weighted by Crippen LogP contribution is 2.44. The van der Waals surface area contributed by atoms with Gasteiger partial charge in [-0.05, 0) is 72.2 Å². The van der Waals surface area contributed by atoms with Crippen LogP contribution in [0, 0.1) is 6.92 Å². The minimum Gasteiger partial charge on any atom is -0.449 e. The molecule has 0 saturated heterocycles. The van der Waals surface area contributed by atoms with E-state index in [1.807, 2.05) is 37.3 Å². The van der Waals surface area contributed by atoms with Crippen LogP contribution in [0.4, 0.5) is 10.5 Å². The largest absolute Gasteiger partial charge is 0.511 e. The first-order valence-electron chi connectivity index (χ1n) is 8.41. The van der Waals surface area contributed by atoms with E-state index in [4.69, 9.17) is 15.6 Å². The summed E-state index contributed by atoms with van der Waals surface area (Å²) in [4.78, 5) is 23.6. The van der Waals surface area contributed by atoms with Crippen LogP contribution in [-0.2, 0) is 0 Å². The molecule has 0 unspecified atom stereocenters. The summed E-state index contributed by atoms with van der Waals surface area (Å²) in [5, 5.41) is 8.90. The number of ether oxygens (including phenoxy) is 1. The lowest BCUT2D eigenvalue weighted by Gasteiger charge is -2.15. The highest BCUT2D eigenvalue weighted by molar-refractivity contribution is 5.79. The van der Waals surface area contributed by atoms with Crippen molar-refractivity contribution in [2.75, 3.05) is 5.73 Å². The van der Waals surface area contributed by atoms with Gasteiger partial charge >= 0.3 is 6.16 Å². The number of hydrogen-bond donors (Lipinski definition) is 2. The van der Waals surface area contributed by atoms with Crippen molar-refractivity contribution in [1.29, 1.82) is 0 Å². The summed E-state index contributed by atoms with van der Waals surface area (Å²) in [6, 6.07) is 11.0. The van der Waals surface area contributed by atoms with Crippen molar-refractivity contribution in [2.45, 2.75) is 25.7 Å². The third-order valence-electron chi connectivity index (χ3n) is 4.79. The first kappa shape index (κ1) is 16.2. The van der Waals surface area contributed by atoms with Crippen molar-refractivity contribution in [3.63, 3.8) is 0 Å². The van der Waals surface area contributed by atoms with Crippen molar-refractivity contribution in [1.82, 2.24) is 4.40 Å². The maximum atomic E-state index is 12.7. The third kappa shape index (κ3) is 2.69. The van der Waals surface area contributed by atoms with Gasteiger partial charge in [0, 0.05) is 11.9 Å². The summed E-state index contributed by atoms with van der Waals surface area (Å²) in [5.41, 5.74) is 10.8. The molecule has 6 heteroatoms. The lowest BCUT2D eigenvalue weighted by Crippen LogP contribution is -2.20. The number of anilines is 1. The monoisotopic (exact) mass is 350 g/mol. The molecule has 0 aliphatic heterocycles. The van der Waals surface area contributed by atoms with Crippen molar-refractivity contribution in [3.05, 3.63) is 64.1 Å². The Balaban J connectivity index is 2.01. The predicted molar refractivity (Wildman–Crippen MR) is 98.9 cm³/mol. The molecule has 1 fully saturated rings. The number of carbonyl (C=O) groups is 1. The molecule has 132 valence electrons. The Bertz CT molecular complexity index is 1100. The zero-order chi connectivity index (χ0) is 18.4. The number of aromatic nitrogens is 1. The van der Waals surface area contributed by atoms with Gasteiger partial charge in [0.1, 0.15) is 0 Å². The van der Waals surface area contributed by atoms with Crippen LogP contribution in [0.1, 0.15) is 29.9 Å². The zero-order valence-electron chi connectivity index (χ0n) is 14.2. The van der Waals surface area contributed by atoms with Crippen molar-refractivity contribution >= 4 is 17.4 Å². The van der Waals surface area contributed by atoms with Crippen LogP contribution < -0.4 is 16.0 Å². The minimum atomic E-state index is -1.49. The van der Waals surface area contributed by atoms with Crippen molar-refractivity contribution < 1.29 is 14.6 Å². The van der Waals surface area contributed by atoms with E-state index in [1.54, 1.807) is 12.3 Å². The van der Waals surface area contributed by atoms with Gasteiger partial charge in [-0.1, -0.05) is 12.1 Å². The maximum Gasteiger partial charge on any atom is 0.511 e. The number of aryl methyl sites for hydroxylation is 1. The standard InChI is InChI=1S/C20H18N2O4/c1-11-15(13-3-2-4-14(21)9-13)7-8-22-18(11)16(12-5-6-12)10-17(19(22)23)26-20(24)25/h2-4,7-10,12H,5-6,21H2,1H3,(H,24,25). The second kappa shape index (κ2) is 5.91. The molecule has 0 spiro atoms. The molecule has 0 radical (unpaired) electrons. The molecular formula is C20H18N2O4. The summed E-state index contributed by atoms with van der Waals surface area (Å²) in [5.74, 6) is 0.157. The molecule has 1 saturated carbocycles. The van der Waals surface area contributed by atoms with Gasteiger partial charge in [0.25, 0.3) is 5.56 Å². The van der Waals surface area contributed by atoms with E-state index in [0.717, 1.165) is 40.6 Å². The Morgan fingerprint density at radius 1 is 1.27 bits per heavy atom. The molecule has 1 aliphatic rings. The van der Waals surface area contributed by atoms with E-state index < -0.39 is 11.7 Å². The number of fused-ring (bicyclic) bond motifs is 1. The summed E-state index contributed by atoms with van der Waals surface area (Å²) in [6.45, 7) is 1.97. The Hall–Kier alpha value is -3.28. The minimum absolute atomic E-state index is 0.159. The zero-order valence-corrected chi connectivity index (χ0v) is 14.2. The number of nitrogen functional groups attached to an aromatic ring is 1. The lowest BCUT2D eigenvalue weighted by atomic mass is 9.97. The topological polar surface area (TPSA) is 94.0 Å². The highest BCUT2D eigenvalue weighted by Gasteiger charge is 2.29. The smallest absolute Gasteiger partial charge is 0.449 e. The van der Waals surface area contributed by atoms with E-state index in [0.29, 0.717) is 11.6 Å². The number of benzene rings is 1. The first-order valence-corrected chi connectivity index (χ1v) is 8.41. The molecule has 3 N–H and O–H groups in total. The Morgan fingerprint density at radius 2 is 2.04 bits per heavy atom. The van der Waals surface area contributed by atoms with E-state index in [9.17, 15) is 9.59 Å². The van der Waals surface area contributed by atoms with E-state index in [-0.39, 0.29) is 5.75 Å². The van der Waals surface area contributed by atoms with Crippen molar-refractivity contribution in [3.8, 4) is 16.9 Å². The number of hydrogen-bond acceptors (Lipinski definition) is 4. The molecule has 1 aromatic carbocycles. The molecule has 2 aromatic heterocycles. The quantitative estimate of drug-likeness (QED) is 0.553. The van der Waals surface area contributed by atoms with Crippen LogP contribution >= 0.6 is 0 Å². The van der Waals surface area contributed by atoms with Gasteiger partial charge in [0.2, 0.25) is 0 Å². The van der Waals surface area contributed by atoms with Gasteiger partial charge in [-0.25, -0.2) is 4.79 Å². The SMILES string of the molecule is Cc1c(-c2cccc(N)c2)ccn2c(=O)c(OC(=O)O)cc(C3CC3)c12. The lowest BCUT2D eigenvalue weighted by molar-refractivity contribution is 0.143. The number of pyridine rings is 2. The van der Waals surface area contributed by atoms with Crippen LogP contribution in [0.25, 0.3) is 16.6 Å². The maximum absolute atomic E-state index is 12.7. The molecule has 2 heterocycles. The summed E-state index contributed by atoms with van der Waals surface area (Å²) in [7, 11) is 0. The van der Waals surface area contributed by atoms with Gasteiger partial charge < -0.3 is 15.6 Å². The fourth-order valence-electron chi connectivity index (χ4n) is 3.46. The second-order valence-corrected chi connectivity index (χ2v) is 6.61. The van der Waals surface area contributed by atoms with E-state index in [1.165, 1.54) is 4.40 Å². The molecule has 0 atom stereocenters. The van der Waals surface area contributed by atoms with Gasteiger partial charge in [-0.15, -0.1) is 0 Å². The van der Waals surface area contributed by atoms with Crippen LogP contribution in [0.2, 0.25) is 0 Å². The molecule has 6 nitrogen and oxygen atoms in total. The fourth-order valence-corrected chi connectivity index (χ4v) is 3.46. The molecular weight excluding hydrogens is 332 g/mol. The van der Waals surface area contributed by atoms with Crippen molar-refractivity contribution in [2.24, 2.45) is 0 Å². The van der Waals surface area contributed by atoms with Gasteiger partial charge in [-0.3, -0.25) is 9.20 Å². The highest BCUT2D eigenvalue weighted by atomic mass is 16.7. The molecule has 1 aliphatic carbocycles. The molecule has 3 aromatic rings. The fraction of sp³-hybridized carbons (Fsp3) is 0.200. The summed E-state index contributed by atoms with van der Waals surface area (Å²) in [6.07, 6.45) is 2.21. The van der Waals surface area contributed by atoms with Gasteiger partial charge in [-0.2, -0.15) is 0 Å².